The van der Waals surface area contributed by atoms with Crippen molar-refractivity contribution in [3.8, 4) is 6.07 Å². The molecule has 1 heterocycles. The highest BCUT2D eigenvalue weighted by molar-refractivity contribution is 5.15. The Kier molecular flexibility index (Phi) is 2.78. The van der Waals surface area contributed by atoms with Crippen molar-refractivity contribution in [1.82, 2.24) is 4.90 Å². The van der Waals surface area contributed by atoms with Crippen LogP contribution in [0, 0.1) is 17.2 Å². The minimum Gasteiger partial charge on any atom is -0.285 e. The smallest absolute Gasteiger partial charge is 0.111 e. The van der Waals surface area contributed by atoms with E-state index in [0.717, 1.165) is 19.5 Å². The molecule has 1 saturated heterocycles. The maximum atomic E-state index is 9.45. The molecule has 2 nitrogen and oxygen atoms in total. The Hall–Kier alpha value is -0.550. The average Bonchev–Trinajstić information content (AvgIpc) is 3.07. The quantitative estimate of drug-likeness (QED) is 0.687. The van der Waals surface area contributed by atoms with Gasteiger partial charge in [-0.2, -0.15) is 5.26 Å². The number of nitriles is 1. The zero-order valence-corrected chi connectivity index (χ0v) is 9.13. The normalized spacial score (nSPS) is 28.0. The third-order valence-corrected chi connectivity index (χ3v) is 3.91. The summed E-state index contributed by atoms with van der Waals surface area (Å²) in [4.78, 5) is 2.47. The summed E-state index contributed by atoms with van der Waals surface area (Å²) in [5.41, 5.74) is -0.0968. The lowest BCUT2D eigenvalue weighted by Crippen LogP contribution is -2.51. The first-order valence-electron chi connectivity index (χ1n) is 6.00. The zero-order chi connectivity index (χ0) is 10.0. The van der Waals surface area contributed by atoms with Crippen LogP contribution in [0.3, 0.4) is 0 Å². The van der Waals surface area contributed by atoms with Gasteiger partial charge in [0, 0.05) is 0 Å². The molecule has 0 radical (unpaired) electrons. The highest BCUT2D eigenvalue weighted by atomic mass is 15.2. The van der Waals surface area contributed by atoms with E-state index >= 15 is 0 Å². The van der Waals surface area contributed by atoms with Gasteiger partial charge >= 0.3 is 0 Å². The fraction of sp³-hybridized carbons (Fsp3) is 0.917. The molecule has 1 saturated carbocycles. The first-order valence-corrected chi connectivity index (χ1v) is 6.00. The SMILES string of the molecule is CCC(C#N)(C1CC1)N1CCCCC1. The van der Waals surface area contributed by atoms with Crippen molar-refractivity contribution >= 4 is 0 Å². The molecule has 2 fully saturated rings. The van der Waals surface area contributed by atoms with Crippen molar-refractivity contribution in [1.29, 1.82) is 5.26 Å². The van der Waals surface area contributed by atoms with Crippen molar-refractivity contribution in [2.24, 2.45) is 5.92 Å². The molecular formula is C12H20N2. The fourth-order valence-electron chi connectivity index (χ4n) is 2.87. The maximum Gasteiger partial charge on any atom is 0.111 e. The number of piperidine rings is 1. The summed E-state index contributed by atoms with van der Waals surface area (Å²) in [5.74, 6) is 0.676. The van der Waals surface area contributed by atoms with Gasteiger partial charge in [-0.1, -0.05) is 13.3 Å². The third-order valence-electron chi connectivity index (χ3n) is 3.91. The Morgan fingerprint density at radius 2 is 1.93 bits per heavy atom. The molecule has 0 aromatic heterocycles. The Morgan fingerprint density at radius 3 is 2.36 bits per heavy atom. The van der Waals surface area contributed by atoms with Crippen molar-refractivity contribution in [3.63, 3.8) is 0 Å². The van der Waals surface area contributed by atoms with Crippen LogP contribution in [0.5, 0.6) is 0 Å². The van der Waals surface area contributed by atoms with Crippen LogP contribution in [-0.4, -0.2) is 23.5 Å². The van der Waals surface area contributed by atoms with Crippen LogP contribution >= 0.6 is 0 Å². The molecule has 2 heteroatoms. The number of rotatable bonds is 3. The highest BCUT2D eigenvalue weighted by Crippen LogP contribution is 2.45. The molecule has 0 amide bonds. The van der Waals surface area contributed by atoms with Crippen LogP contribution in [0.15, 0.2) is 0 Å². The molecule has 0 bridgehead atoms. The van der Waals surface area contributed by atoms with Gasteiger partial charge in [0.2, 0.25) is 0 Å². The summed E-state index contributed by atoms with van der Waals surface area (Å²) in [6.07, 6.45) is 7.49. The van der Waals surface area contributed by atoms with E-state index in [4.69, 9.17) is 0 Å². The maximum absolute atomic E-state index is 9.45. The summed E-state index contributed by atoms with van der Waals surface area (Å²) in [6.45, 7) is 4.48. The zero-order valence-electron chi connectivity index (χ0n) is 9.13. The summed E-state index contributed by atoms with van der Waals surface area (Å²) in [6, 6.07) is 2.62. The van der Waals surface area contributed by atoms with Crippen molar-refractivity contribution in [2.75, 3.05) is 13.1 Å². The molecule has 2 rings (SSSR count). The molecule has 14 heavy (non-hydrogen) atoms. The monoisotopic (exact) mass is 192 g/mol. The van der Waals surface area contributed by atoms with Gasteiger partial charge in [0.1, 0.15) is 5.54 Å². The van der Waals surface area contributed by atoms with E-state index in [0.29, 0.717) is 5.92 Å². The number of nitrogens with zero attached hydrogens (tertiary/aromatic N) is 2. The standard InChI is InChI=1S/C12H20N2/c1-2-12(10-13,11-6-7-11)14-8-4-3-5-9-14/h11H,2-9H2,1H3. The molecule has 1 atom stereocenters. The molecule has 0 spiro atoms. The molecule has 0 aromatic rings. The van der Waals surface area contributed by atoms with Gasteiger partial charge in [-0.15, -0.1) is 0 Å². The number of hydrogen-bond donors (Lipinski definition) is 0. The molecular weight excluding hydrogens is 172 g/mol. The van der Waals surface area contributed by atoms with Crippen LogP contribution in [0.25, 0.3) is 0 Å². The topological polar surface area (TPSA) is 27.0 Å². The van der Waals surface area contributed by atoms with Crippen molar-refractivity contribution in [2.45, 2.75) is 51.0 Å². The van der Waals surface area contributed by atoms with Crippen molar-refractivity contribution < 1.29 is 0 Å². The van der Waals surface area contributed by atoms with Gasteiger partial charge in [-0.25, -0.2) is 0 Å². The average molecular weight is 192 g/mol. The lowest BCUT2D eigenvalue weighted by Gasteiger charge is -2.41. The van der Waals surface area contributed by atoms with Gasteiger partial charge in [-0.3, -0.25) is 4.90 Å². The second kappa shape index (κ2) is 3.90. The Balaban J connectivity index is 2.11. The van der Waals surface area contributed by atoms with Gasteiger partial charge in [-0.05, 0) is 51.1 Å². The minimum atomic E-state index is -0.0968. The lowest BCUT2D eigenvalue weighted by molar-refractivity contribution is 0.0882. The highest BCUT2D eigenvalue weighted by Gasteiger charge is 2.48. The predicted molar refractivity (Wildman–Crippen MR) is 56.8 cm³/mol. The summed E-state index contributed by atoms with van der Waals surface area (Å²) in [5, 5.41) is 9.45. The lowest BCUT2D eigenvalue weighted by atomic mass is 9.88. The number of hydrogen-bond acceptors (Lipinski definition) is 2. The first kappa shape index (κ1) is 9.98. The van der Waals surface area contributed by atoms with Crippen LogP contribution < -0.4 is 0 Å². The Labute approximate surface area is 86.9 Å². The largest absolute Gasteiger partial charge is 0.285 e. The minimum absolute atomic E-state index is 0.0968. The molecule has 0 N–H and O–H groups in total. The summed E-state index contributed by atoms with van der Waals surface area (Å²) < 4.78 is 0. The second-order valence-corrected chi connectivity index (χ2v) is 4.71. The van der Waals surface area contributed by atoms with E-state index in [9.17, 15) is 5.26 Å². The summed E-state index contributed by atoms with van der Waals surface area (Å²) in [7, 11) is 0. The van der Waals surface area contributed by atoms with Crippen LogP contribution in [0.4, 0.5) is 0 Å². The third kappa shape index (κ3) is 1.54. The van der Waals surface area contributed by atoms with E-state index in [1.807, 2.05) is 0 Å². The summed E-state index contributed by atoms with van der Waals surface area (Å²) >= 11 is 0. The first-order chi connectivity index (χ1) is 6.83. The van der Waals surface area contributed by atoms with E-state index in [-0.39, 0.29) is 5.54 Å². The van der Waals surface area contributed by atoms with E-state index in [1.165, 1.54) is 32.1 Å². The van der Waals surface area contributed by atoms with Gasteiger partial charge < -0.3 is 0 Å². The van der Waals surface area contributed by atoms with Gasteiger partial charge in [0.05, 0.1) is 6.07 Å². The molecule has 1 unspecified atom stereocenters. The van der Waals surface area contributed by atoms with E-state index in [2.05, 4.69) is 17.9 Å². The van der Waals surface area contributed by atoms with Gasteiger partial charge in [0.25, 0.3) is 0 Å². The number of likely N-dealkylation sites (tertiary alicyclic amines) is 1. The van der Waals surface area contributed by atoms with Crippen LogP contribution in [0.1, 0.15) is 45.4 Å². The fourth-order valence-corrected chi connectivity index (χ4v) is 2.87. The van der Waals surface area contributed by atoms with E-state index < -0.39 is 0 Å². The predicted octanol–water partition coefficient (Wildman–Crippen LogP) is 2.55. The molecule has 1 aliphatic heterocycles. The van der Waals surface area contributed by atoms with Crippen molar-refractivity contribution in [3.05, 3.63) is 0 Å². The van der Waals surface area contributed by atoms with Crippen LogP contribution in [-0.2, 0) is 0 Å². The second-order valence-electron chi connectivity index (χ2n) is 4.71. The van der Waals surface area contributed by atoms with E-state index in [1.54, 1.807) is 0 Å². The molecule has 78 valence electrons. The molecule has 2 aliphatic rings. The van der Waals surface area contributed by atoms with Crippen LogP contribution in [0.2, 0.25) is 0 Å². The molecule has 1 aliphatic carbocycles. The molecule has 0 aromatic carbocycles. The van der Waals surface area contributed by atoms with Gasteiger partial charge in [0.15, 0.2) is 0 Å². The Bertz CT molecular complexity index is 233. The Morgan fingerprint density at radius 1 is 1.29 bits per heavy atom.